The number of nitrogens with one attached hydrogen (secondary N) is 3. The van der Waals surface area contributed by atoms with Crippen LogP contribution in [0.4, 0.5) is 17.8 Å². The zero-order valence-corrected chi connectivity index (χ0v) is 8.80. The van der Waals surface area contributed by atoms with Gasteiger partial charge < -0.3 is 17.2 Å². The number of hydrogen-bond donors (Lipinski definition) is 6. The molecule has 0 spiro atoms. The zero-order chi connectivity index (χ0) is 15.0. The van der Waals surface area contributed by atoms with Gasteiger partial charge in [0, 0.05) is 0 Å². The van der Waals surface area contributed by atoms with E-state index < -0.39 is 0 Å². The maximum absolute atomic E-state index is 8.35. The minimum Gasteiger partial charge on any atom is -0.368 e. The maximum atomic E-state index is 8.35. The van der Waals surface area contributed by atoms with E-state index in [0.29, 0.717) is 0 Å². The molecule has 1 aromatic rings. The minimum absolute atomic E-state index is 0.0417. The van der Waals surface area contributed by atoms with Crippen molar-refractivity contribution >= 4 is 36.1 Å². The largest absolute Gasteiger partial charge is 0.368 e. The molecule has 0 saturated heterocycles. The van der Waals surface area contributed by atoms with E-state index in [1.165, 1.54) is 0 Å². The molecule has 0 aliphatic heterocycles. The second-order valence-corrected chi connectivity index (χ2v) is 1.72. The second kappa shape index (κ2) is 16.0. The molecule has 0 aliphatic carbocycles. The summed E-state index contributed by atoms with van der Waals surface area (Å²) in [6.07, 6.45) is 2.25. The summed E-state index contributed by atoms with van der Waals surface area (Å²) in [6, 6.07) is 0. The van der Waals surface area contributed by atoms with Crippen molar-refractivity contribution in [1.82, 2.24) is 15.0 Å². The van der Waals surface area contributed by atoms with E-state index in [-0.39, 0.29) is 17.8 Å². The highest BCUT2D eigenvalue weighted by atomic mass is 16.1. The number of aromatic nitrogens is 3. The third-order valence-corrected chi connectivity index (χ3v) is 0.687. The van der Waals surface area contributed by atoms with Gasteiger partial charge in [0.1, 0.15) is 0 Å². The van der Waals surface area contributed by atoms with Gasteiger partial charge in [-0.2, -0.15) is 15.0 Å². The van der Waals surface area contributed by atoms with E-state index in [0.717, 1.165) is 18.2 Å². The number of nitrogens with zero attached hydrogens (tertiary/aromatic N) is 3. The van der Waals surface area contributed by atoms with Gasteiger partial charge in [-0.15, -0.1) is 0 Å². The molecule has 0 atom stereocenters. The first-order chi connectivity index (χ1) is 8.42. The van der Waals surface area contributed by atoms with Crippen LogP contribution in [0.3, 0.4) is 0 Å². The Morgan fingerprint density at radius 3 is 0.889 bits per heavy atom. The van der Waals surface area contributed by atoms with Crippen LogP contribution in [0.25, 0.3) is 0 Å². The first-order valence-electron chi connectivity index (χ1n) is 3.57. The van der Waals surface area contributed by atoms with Crippen LogP contribution in [0.5, 0.6) is 0 Å². The third-order valence-electron chi connectivity index (χ3n) is 0.687. The van der Waals surface area contributed by atoms with Crippen molar-refractivity contribution < 1.29 is 14.4 Å². The number of isocyanates is 3. The van der Waals surface area contributed by atoms with E-state index in [4.69, 9.17) is 47.8 Å². The first kappa shape index (κ1) is 20.0. The lowest BCUT2D eigenvalue weighted by molar-refractivity contribution is 0.562. The van der Waals surface area contributed by atoms with E-state index in [1.54, 1.807) is 0 Å². The highest BCUT2D eigenvalue weighted by Gasteiger charge is 1.93. The number of anilines is 3. The summed E-state index contributed by atoms with van der Waals surface area (Å²) in [6.45, 7) is 0. The van der Waals surface area contributed by atoms with Gasteiger partial charge in [-0.25, -0.2) is 30.6 Å². The van der Waals surface area contributed by atoms with Gasteiger partial charge in [0.05, 0.1) is 0 Å². The fraction of sp³-hybridized carbons (Fsp3) is 0. The summed E-state index contributed by atoms with van der Waals surface area (Å²) in [5.74, 6) is 0.125. The number of nitrogens with two attached hydrogens (primary N) is 3. The second-order valence-electron chi connectivity index (χ2n) is 1.72. The predicted octanol–water partition coefficient (Wildman–Crippen LogP) is -1.68. The van der Waals surface area contributed by atoms with E-state index in [9.17, 15) is 0 Å². The SMILES string of the molecule is N=C=O.N=C=O.N=C=O.Nc1nc(N)nc(N)n1. The van der Waals surface area contributed by atoms with Crippen LogP contribution >= 0.6 is 0 Å². The molecule has 0 amide bonds. The van der Waals surface area contributed by atoms with E-state index >= 15 is 0 Å². The standard InChI is InChI=1S/C3H6N6.3CHNO/c4-1-7-2(5)9-3(6)8-1;3*2-1-3/h(H6,4,5,6,7,8,9);3*2H. The smallest absolute Gasteiger partial charge is 0.231 e. The van der Waals surface area contributed by atoms with Crippen LogP contribution in [-0.2, 0) is 14.4 Å². The summed E-state index contributed by atoms with van der Waals surface area (Å²) < 4.78 is 0. The van der Waals surface area contributed by atoms with Crippen molar-refractivity contribution in [3.63, 3.8) is 0 Å². The van der Waals surface area contributed by atoms with Gasteiger partial charge >= 0.3 is 0 Å². The third kappa shape index (κ3) is 22.9. The lowest BCUT2D eigenvalue weighted by Gasteiger charge is -1.93. The molecule has 0 bridgehead atoms. The van der Waals surface area contributed by atoms with E-state index in [2.05, 4.69) is 15.0 Å². The predicted molar refractivity (Wildman–Crippen MR) is 58.3 cm³/mol. The molecule has 96 valence electrons. The number of carbonyl (C=O) groups excluding carboxylic acids is 3. The summed E-state index contributed by atoms with van der Waals surface area (Å²) in [5.41, 5.74) is 15.4. The number of rotatable bonds is 0. The summed E-state index contributed by atoms with van der Waals surface area (Å²) in [4.78, 5) is 35.5. The topological polar surface area (TPSA) is 239 Å². The van der Waals surface area contributed by atoms with Gasteiger partial charge in [-0.3, -0.25) is 0 Å². The Bertz CT molecular complexity index is 363. The minimum atomic E-state index is 0.0417. The summed E-state index contributed by atoms with van der Waals surface area (Å²) in [5, 5.41) is 16.2. The molecular formula is C6H9N9O3. The molecule has 9 N–H and O–H groups in total. The first-order valence-corrected chi connectivity index (χ1v) is 3.57. The summed E-state index contributed by atoms with van der Waals surface area (Å²) >= 11 is 0. The monoisotopic (exact) mass is 255 g/mol. The van der Waals surface area contributed by atoms with Gasteiger partial charge in [-0.1, -0.05) is 0 Å². The average Bonchev–Trinajstić information content (AvgIpc) is 2.18. The molecule has 12 heteroatoms. The van der Waals surface area contributed by atoms with Crippen LogP contribution in [0.1, 0.15) is 0 Å². The molecule has 0 saturated carbocycles. The van der Waals surface area contributed by atoms with Crippen molar-refractivity contribution in [2.24, 2.45) is 0 Å². The molecule has 0 unspecified atom stereocenters. The molecule has 18 heavy (non-hydrogen) atoms. The van der Waals surface area contributed by atoms with Crippen molar-refractivity contribution in [2.45, 2.75) is 0 Å². The van der Waals surface area contributed by atoms with Crippen LogP contribution in [0.2, 0.25) is 0 Å². The zero-order valence-electron chi connectivity index (χ0n) is 8.80. The van der Waals surface area contributed by atoms with Gasteiger partial charge in [0.15, 0.2) is 0 Å². The van der Waals surface area contributed by atoms with Crippen LogP contribution < -0.4 is 17.2 Å². The van der Waals surface area contributed by atoms with Crippen molar-refractivity contribution in [2.75, 3.05) is 17.2 Å². The maximum Gasteiger partial charge on any atom is 0.231 e. The lowest BCUT2D eigenvalue weighted by Crippen LogP contribution is -2.05. The fourth-order valence-electron chi connectivity index (χ4n) is 0.427. The van der Waals surface area contributed by atoms with Crippen LogP contribution in [0.15, 0.2) is 0 Å². The van der Waals surface area contributed by atoms with Gasteiger partial charge in [-0.05, 0) is 0 Å². The quantitative estimate of drug-likeness (QED) is 0.228. The van der Waals surface area contributed by atoms with Crippen molar-refractivity contribution in [3.8, 4) is 0 Å². The van der Waals surface area contributed by atoms with Crippen LogP contribution in [0, 0.1) is 16.2 Å². The van der Waals surface area contributed by atoms with E-state index in [1.807, 2.05) is 0 Å². The van der Waals surface area contributed by atoms with Gasteiger partial charge in [0.25, 0.3) is 0 Å². The Morgan fingerprint density at radius 1 is 0.667 bits per heavy atom. The normalized spacial score (nSPS) is 6.00. The fourth-order valence-corrected chi connectivity index (χ4v) is 0.427. The van der Waals surface area contributed by atoms with Crippen molar-refractivity contribution in [3.05, 3.63) is 0 Å². The Balaban J connectivity index is -0.000000210. The summed E-state index contributed by atoms with van der Waals surface area (Å²) in [7, 11) is 0. The molecule has 12 nitrogen and oxygen atoms in total. The molecule has 0 fully saturated rings. The van der Waals surface area contributed by atoms with Crippen molar-refractivity contribution in [1.29, 1.82) is 16.2 Å². The molecule has 1 heterocycles. The molecule has 1 aromatic heterocycles. The Hall–Kier alpha value is -3.45. The molecular weight excluding hydrogens is 246 g/mol. The van der Waals surface area contributed by atoms with Gasteiger partial charge in [0.2, 0.25) is 36.1 Å². The molecule has 0 aliphatic rings. The Kier molecular flexibility index (Phi) is 17.8. The molecule has 0 aromatic carbocycles. The average molecular weight is 255 g/mol. The molecule has 0 radical (unpaired) electrons. The molecule has 1 rings (SSSR count). The highest BCUT2D eigenvalue weighted by molar-refractivity contribution is 5.33. The number of hydrogen-bond acceptors (Lipinski definition) is 12. The highest BCUT2D eigenvalue weighted by Crippen LogP contribution is 1.97. The van der Waals surface area contributed by atoms with Crippen LogP contribution in [-0.4, -0.2) is 33.2 Å². The Labute approximate surface area is 99.8 Å². The Morgan fingerprint density at radius 2 is 0.778 bits per heavy atom. The number of nitrogen functional groups attached to an aromatic ring is 3. The lowest BCUT2D eigenvalue weighted by atomic mass is 10.9.